The van der Waals surface area contributed by atoms with Crippen LogP contribution in [0.3, 0.4) is 0 Å². The molecule has 0 N–H and O–H groups in total. The molecule has 2 aromatic carbocycles. The van der Waals surface area contributed by atoms with Crippen LogP contribution >= 0.6 is 27.5 Å². The highest BCUT2D eigenvalue weighted by Crippen LogP contribution is 2.32. The Morgan fingerprint density at radius 3 is 2.78 bits per heavy atom. The molecule has 0 saturated heterocycles. The van der Waals surface area contributed by atoms with E-state index in [4.69, 9.17) is 21.3 Å². The minimum atomic E-state index is 0.194. The minimum absolute atomic E-state index is 0.194. The molecule has 0 bridgehead atoms. The lowest BCUT2D eigenvalue weighted by molar-refractivity contribution is 0.180. The molecule has 1 aliphatic rings. The average molecular weight is 394 g/mol. The minimum Gasteiger partial charge on any atom is -0.382 e. The molecule has 3 nitrogen and oxygen atoms in total. The molecule has 0 saturated carbocycles. The molecule has 0 unspecified atom stereocenters. The molecular formula is C18H18BrClN2O. The van der Waals surface area contributed by atoms with Gasteiger partial charge in [0.1, 0.15) is 0 Å². The summed E-state index contributed by atoms with van der Waals surface area (Å²) < 4.78 is 6.39. The van der Waals surface area contributed by atoms with Crippen molar-refractivity contribution in [2.75, 3.05) is 32.2 Å². The van der Waals surface area contributed by atoms with Gasteiger partial charge < -0.3 is 9.64 Å². The van der Waals surface area contributed by atoms with Crippen LogP contribution in [0.5, 0.6) is 0 Å². The molecule has 0 spiro atoms. The number of halogens is 2. The van der Waals surface area contributed by atoms with Crippen molar-refractivity contribution in [2.45, 2.75) is 6.04 Å². The largest absolute Gasteiger partial charge is 0.382 e. The third-order valence-electron chi connectivity index (χ3n) is 4.09. The lowest BCUT2D eigenvalue weighted by Gasteiger charge is -2.28. The molecule has 0 aliphatic carbocycles. The number of anilines is 1. The molecule has 2 aromatic rings. The van der Waals surface area contributed by atoms with E-state index in [2.05, 4.69) is 46.1 Å². The van der Waals surface area contributed by atoms with E-state index in [-0.39, 0.29) is 6.04 Å². The zero-order valence-electron chi connectivity index (χ0n) is 13.1. The predicted molar refractivity (Wildman–Crippen MR) is 100 cm³/mol. The number of fused-ring (bicyclic) bond motifs is 1. The highest BCUT2D eigenvalue weighted by atomic mass is 79.9. The van der Waals surface area contributed by atoms with Crippen molar-refractivity contribution < 1.29 is 4.74 Å². The van der Waals surface area contributed by atoms with Crippen LogP contribution in [0.4, 0.5) is 5.69 Å². The number of aliphatic imine (C=N–C) groups is 1. The topological polar surface area (TPSA) is 24.8 Å². The summed E-state index contributed by atoms with van der Waals surface area (Å²) in [5.41, 5.74) is 4.09. The summed E-state index contributed by atoms with van der Waals surface area (Å²) in [6, 6.07) is 14.3. The summed E-state index contributed by atoms with van der Waals surface area (Å²) in [7, 11) is 3.81. The third kappa shape index (κ3) is 3.30. The molecule has 1 aliphatic heterocycles. The fraction of sp³-hybridized carbons (Fsp3) is 0.278. The highest BCUT2D eigenvalue weighted by molar-refractivity contribution is 9.10. The summed E-state index contributed by atoms with van der Waals surface area (Å²) in [4.78, 5) is 7.11. The van der Waals surface area contributed by atoms with Gasteiger partial charge in [0.25, 0.3) is 0 Å². The molecule has 5 heteroatoms. The Hall–Kier alpha value is -1.36. The fourth-order valence-corrected chi connectivity index (χ4v) is 3.43. The number of benzene rings is 2. The van der Waals surface area contributed by atoms with Crippen LogP contribution in [-0.4, -0.2) is 39.1 Å². The number of methoxy groups -OCH3 is 1. The van der Waals surface area contributed by atoms with Crippen LogP contribution in [0.2, 0.25) is 5.02 Å². The summed E-state index contributed by atoms with van der Waals surface area (Å²) in [6.07, 6.45) is 0. The number of hydrogen-bond donors (Lipinski definition) is 0. The van der Waals surface area contributed by atoms with Gasteiger partial charge >= 0.3 is 0 Å². The maximum absolute atomic E-state index is 6.42. The van der Waals surface area contributed by atoms with Crippen molar-refractivity contribution in [1.29, 1.82) is 0 Å². The van der Waals surface area contributed by atoms with Crippen molar-refractivity contribution in [3.63, 3.8) is 0 Å². The first kappa shape index (κ1) is 16.5. The number of ether oxygens (including phenoxy) is 1. The van der Waals surface area contributed by atoms with Crippen molar-refractivity contribution in [1.82, 2.24) is 0 Å². The number of rotatable bonds is 3. The van der Waals surface area contributed by atoms with Gasteiger partial charge in [-0.05, 0) is 24.3 Å². The average Bonchev–Trinajstić information content (AvgIpc) is 2.67. The summed E-state index contributed by atoms with van der Waals surface area (Å²) in [6.45, 7) is 1.29. The highest BCUT2D eigenvalue weighted by Gasteiger charge is 2.25. The van der Waals surface area contributed by atoms with Gasteiger partial charge in [0.15, 0.2) is 0 Å². The first-order chi connectivity index (χ1) is 11.1. The van der Waals surface area contributed by atoms with Gasteiger partial charge in [-0.15, -0.1) is 0 Å². The smallest absolute Gasteiger partial charge is 0.0756 e. The van der Waals surface area contributed by atoms with Gasteiger partial charge in [0.2, 0.25) is 0 Å². The quantitative estimate of drug-likeness (QED) is 0.772. The molecule has 0 aromatic heterocycles. The van der Waals surface area contributed by atoms with Gasteiger partial charge in [0, 0.05) is 40.5 Å². The maximum Gasteiger partial charge on any atom is 0.0756 e. The second-order valence-corrected chi connectivity index (χ2v) is 6.87. The normalized spacial score (nSPS) is 17.5. The summed E-state index contributed by atoms with van der Waals surface area (Å²) >= 11 is 9.99. The molecule has 0 amide bonds. The predicted octanol–water partition coefficient (Wildman–Crippen LogP) is 4.40. The van der Waals surface area contributed by atoms with Crippen molar-refractivity contribution >= 4 is 38.9 Å². The lowest BCUT2D eigenvalue weighted by Crippen LogP contribution is -2.37. The van der Waals surface area contributed by atoms with Gasteiger partial charge in [0.05, 0.1) is 24.9 Å². The molecule has 1 heterocycles. The lowest BCUT2D eigenvalue weighted by atomic mass is 10.00. The number of likely N-dealkylation sites (N-methyl/N-ethyl adjacent to an activating group) is 1. The molecule has 23 heavy (non-hydrogen) atoms. The van der Waals surface area contributed by atoms with Crippen LogP contribution in [0.25, 0.3) is 0 Å². The third-order valence-corrected chi connectivity index (χ3v) is 4.91. The van der Waals surface area contributed by atoms with E-state index in [9.17, 15) is 0 Å². The van der Waals surface area contributed by atoms with Gasteiger partial charge in [-0.25, -0.2) is 0 Å². The fourth-order valence-electron chi connectivity index (χ4n) is 2.85. The molecular weight excluding hydrogens is 376 g/mol. The van der Waals surface area contributed by atoms with Gasteiger partial charge in [-0.2, -0.15) is 0 Å². The first-order valence-corrected chi connectivity index (χ1v) is 8.60. The Bertz CT molecular complexity index is 748. The SMILES string of the molecule is COC[C@H]1CN=C(c2ccccc2Cl)c2cc(Br)ccc2N1C. The second-order valence-electron chi connectivity index (χ2n) is 5.55. The van der Waals surface area contributed by atoms with E-state index in [1.165, 1.54) is 0 Å². The Labute approximate surface area is 150 Å². The molecule has 120 valence electrons. The van der Waals surface area contributed by atoms with Crippen LogP contribution in [0, 0.1) is 0 Å². The van der Waals surface area contributed by atoms with Gasteiger partial charge in [-0.3, -0.25) is 4.99 Å². The van der Waals surface area contributed by atoms with E-state index >= 15 is 0 Å². The molecule has 1 atom stereocenters. The summed E-state index contributed by atoms with van der Waals surface area (Å²) in [5, 5.41) is 0.713. The number of benzodiazepines with no additional fused rings is 1. The Morgan fingerprint density at radius 1 is 1.26 bits per heavy atom. The zero-order chi connectivity index (χ0) is 16.4. The molecule has 0 fully saturated rings. The van der Waals surface area contributed by atoms with Crippen LogP contribution in [0.1, 0.15) is 11.1 Å². The molecule has 0 radical (unpaired) electrons. The van der Waals surface area contributed by atoms with E-state index in [0.717, 1.165) is 27.0 Å². The zero-order valence-corrected chi connectivity index (χ0v) is 15.4. The van der Waals surface area contributed by atoms with E-state index in [0.29, 0.717) is 18.2 Å². The van der Waals surface area contributed by atoms with E-state index in [1.807, 2.05) is 24.3 Å². The van der Waals surface area contributed by atoms with Crippen LogP contribution in [0.15, 0.2) is 51.9 Å². The van der Waals surface area contributed by atoms with Crippen molar-refractivity contribution in [2.24, 2.45) is 4.99 Å². The van der Waals surface area contributed by atoms with E-state index in [1.54, 1.807) is 7.11 Å². The van der Waals surface area contributed by atoms with Crippen LogP contribution < -0.4 is 4.90 Å². The van der Waals surface area contributed by atoms with E-state index < -0.39 is 0 Å². The Balaban J connectivity index is 2.18. The van der Waals surface area contributed by atoms with Gasteiger partial charge in [-0.1, -0.05) is 45.7 Å². The Kier molecular flexibility index (Phi) is 5.05. The first-order valence-electron chi connectivity index (χ1n) is 7.43. The van der Waals surface area contributed by atoms with Crippen LogP contribution in [-0.2, 0) is 4.74 Å². The monoisotopic (exact) mass is 392 g/mol. The number of hydrogen-bond acceptors (Lipinski definition) is 3. The number of nitrogens with zero attached hydrogens (tertiary/aromatic N) is 2. The standard InChI is InChI=1S/C18H18BrClN2O/c1-22-13(11-23-2)10-21-18(14-5-3-4-6-16(14)20)15-9-12(19)7-8-17(15)22/h3-9,13H,10-11H2,1-2H3/t13-/m1/s1. The second kappa shape index (κ2) is 7.04. The maximum atomic E-state index is 6.42. The van der Waals surface area contributed by atoms with Crippen molar-refractivity contribution in [3.05, 3.63) is 63.1 Å². The Morgan fingerprint density at radius 2 is 2.04 bits per heavy atom. The molecule has 3 rings (SSSR count). The van der Waals surface area contributed by atoms with Crippen molar-refractivity contribution in [3.8, 4) is 0 Å². The summed E-state index contributed by atoms with van der Waals surface area (Å²) in [5.74, 6) is 0.